The average molecular weight is 257 g/mol. The lowest BCUT2D eigenvalue weighted by Gasteiger charge is -2.29. The van der Waals surface area contributed by atoms with E-state index in [1.807, 2.05) is 0 Å². The van der Waals surface area contributed by atoms with E-state index < -0.39 is 0 Å². The first kappa shape index (κ1) is 12.7. The van der Waals surface area contributed by atoms with Gasteiger partial charge >= 0.3 is 0 Å². The van der Waals surface area contributed by atoms with Gasteiger partial charge in [0.1, 0.15) is 11.3 Å². The van der Waals surface area contributed by atoms with Crippen LogP contribution in [-0.2, 0) is 0 Å². The van der Waals surface area contributed by atoms with Crippen LogP contribution in [0.1, 0.15) is 41.2 Å². The van der Waals surface area contributed by atoms with Crippen LogP contribution in [0.15, 0.2) is 16.5 Å². The van der Waals surface area contributed by atoms with E-state index in [1.54, 1.807) is 0 Å². The number of piperidine rings is 1. The van der Waals surface area contributed by atoms with Crippen molar-refractivity contribution in [3.05, 3.63) is 34.6 Å². The molecule has 0 atom stereocenters. The number of rotatable bonds is 1. The monoisotopic (exact) mass is 257 g/mol. The van der Waals surface area contributed by atoms with E-state index in [0.29, 0.717) is 5.92 Å². The van der Waals surface area contributed by atoms with Gasteiger partial charge in [-0.3, -0.25) is 0 Å². The van der Waals surface area contributed by atoms with Crippen molar-refractivity contribution in [1.29, 1.82) is 0 Å². The molecule has 1 aromatic heterocycles. The summed E-state index contributed by atoms with van der Waals surface area (Å²) in [5, 5.41) is 1.31. The van der Waals surface area contributed by atoms with Crippen LogP contribution < -0.4 is 0 Å². The molecule has 2 heteroatoms. The van der Waals surface area contributed by atoms with Gasteiger partial charge in [0.2, 0.25) is 0 Å². The Morgan fingerprint density at radius 3 is 2.47 bits per heavy atom. The largest absolute Gasteiger partial charge is 0.461 e. The van der Waals surface area contributed by atoms with E-state index in [2.05, 4.69) is 44.9 Å². The van der Waals surface area contributed by atoms with Crippen LogP contribution in [0, 0.1) is 20.8 Å². The van der Waals surface area contributed by atoms with Crippen LogP contribution in [0.4, 0.5) is 0 Å². The Kier molecular flexibility index (Phi) is 3.14. The van der Waals surface area contributed by atoms with Crippen molar-refractivity contribution < 1.29 is 4.42 Å². The number of aryl methyl sites for hydroxylation is 3. The average Bonchev–Trinajstić information content (AvgIpc) is 2.68. The number of benzene rings is 1. The highest BCUT2D eigenvalue weighted by Crippen LogP contribution is 2.34. The highest BCUT2D eigenvalue weighted by Gasteiger charge is 2.20. The van der Waals surface area contributed by atoms with Crippen molar-refractivity contribution in [2.75, 3.05) is 20.1 Å². The molecule has 2 aromatic rings. The highest BCUT2D eigenvalue weighted by atomic mass is 16.3. The molecule has 2 heterocycles. The fourth-order valence-electron chi connectivity index (χ4n) is 3.21. The predicted octanol–water partition coefficient (Wildman–Crippen LogP) is 4.17. The molecule has 0 N–H and O–H groups in total. The molecular weight excluding hydrogens is 234 g/mol. The molecule has 0 bridgehead atoms. The summed E-state index contributed by atoms with van der Waals surface area (Å²) in [5.41, 5.74) is 5.16. The quantitative estimate of drug-likeness (QED) is 0.762. The SMILES string of the molecule is Cc1oc2c(C)cc(C3CCN(C)CC3)cc2c1C. The Hall–Kier alpha value is -1.28. The molecule has 2 nitrogen and oxygen atoms in total. The summed E-state index contributed by atoms with van der Waals surface area (Å²) in [5.74, 6) is 1.77. The van der Waals surface area contributed by atoms with Gasteiger partial charge in [0.15, 0.2) is 0 Å². The van der Waals surface area contributed by atoms with Crippen molar-refractivity contribution in [2.45, 2.75) is 39.5 Å². The molecule has 3 rings (SSSR count). The Labute approximate surface area is 115 Å². The third-order valence-corrected chi connectivity index (χ3v) is 4.67. The van der Waals surface area contributed by atoms with Crippen molar-refractivity contribution in [1.82, 2.24) is 4.90 Å². The van der Waals surface area contributed by atoms with Crippen LogP contribution >= 0.6 is 0 Å². The summed E-state index contributed by atoms with van der Waals surface area (Å²) in [4.78, 5) is 2.43. The lowest BCUT2D eigenvalue weighted by Crippen LogP contribution is -2.29. The first-order valence-electron chi connectivity index (χ1n) is 7.25. The Balaban J connectivity index is 2.03. The molecule has 1 saturated heterocycles. The van der Waals surface area contributed by atoms with Gasteiger partial charge in [-0.1, -0.05) is 6.07 Å². The molecule has 1 aromatic carbocycles. The van der Waals surface area contributed by atoms with Crippen LogP contribution in [-0.4, -0.2) is 25.0 Å². The lowest BCUT2D eigenvalue weighted by molar-refractivity contribution is 0.255. The van der Waals surface area contributed by atoms with E-state index in [4.69, 9.17) is 4.42 Å². The minimum absolute atomic E-state index is 0.717. The fourth-order valence-corrected chi connectivity index (χ4v) is 3.21. The third kappa shape index (κ3) is 2.18. The third-order valence-electron chi connectivity index (χ3n) is 4.67. The highest BCUT2D eigenvalue weighted by molar-refractivity contribution is 5.85. The van der Waals surface area contributed by atoms with Crippen LogP contribution in [0.3, 0.4) is 0 Å². The molecule has 1 aliphatic rings. The van der Waals surface area contributed by atoms with E-state index in [0.717, 1.165) is 11.3 Å². The summed E-state index contributed by atoms with van der Waals surface area (Å²) < 4.78 is 5.88. The zero-order valence-electron chi connectivity index (χ0n) is 12.4. The number of hydrogen-bond acceptors (Lipinski definition) is 2. The van der Waals surface area contributed by atoms with Crippen molar-refractivity contribution >= 4 is 11.0 Å². The summed E-state index contributed by atoms with van der Waals surface area (Å²) in [6.07, 6.45) is 2.55. The second-order valence-corrected chi connectivity index (χ2v) is 6.08. The minimum atomic E-state index is 0.717. The fraction of sp³-hybridized carbons (Fsp3) is 0.529. The smallest absolute Gasteiger partial charge is 0.137 e. The summed E-state index contributed by atoms with van der Waals surface area (Å²) >= 11 is 0. The Bertz CT molecular complexity index is 603. The van der Waals surface area contributed by atoms with Crippen molar-refractivity contribution in [3.63, 3.8) is 0 Å². The molecule has 0 amide bonds. The van der Waals surface area contributed by atoms with Crippen LogP contribution in [0.2, 0.25) is 0 Å². The topological polar surface area (TPSA) is 16.4 Å². The van der Waals surface area contributed by atoms with Crippen molar-refractivity contribution in [3.8, 4) is 0 Å². The second-order valence-electron chi connectivity index (χ2n) is 6.08. The Morgan fingerprint density at radius 1 is 1.11 bits per heavy atom. The number of furan rings is 1. The Morgan fingerprint density at radius 2 is 1.79 bits per heavy atom. The zero-order valence-corrected chi connectivity index (χ0v) is 12.4. The van der Waals surface area contributed by atoms with Gasteiger partial charge in [-0.2, -0.15) is 0 Å². The molecule has 0 unspecified atom stereocenters. The molecular formula is C17H23NO. The predicted molar refractivity (Wildman–Crippen MR) is 79.9 cm³/mol. The minimum Gasteiger partial charge on any atom is -0.461 e. The summed E-state index contributed by atoms with van der Waals surface area (Å²) in [7, 11) is 2.22. The molecule has 1 aliphatic heterocycles. The van der Waals surface area contributed by atoms with E-state index in [9.17, 15) is 0 Å². The summed E-state index contributed by atoms with van der Waals surface area (Å²) in [6, 6.07) is 4.70. The zero-order chi connectivity index (χ0) is 13.6. The molecule has 19 heavy (non-hydrogen) atoms. The van der Waals surface area contributed by atoms with Gasteiger partial charge in [0.05, 0.1) is 0 Å². The summed E-state index contributed by atoms with van der Waals surface area (Å²) in [6.45, 7) is 8.82. The number of hydrogen-bond donors (Lipinski definition) is 0. The number of fused-ring (bicyclic) bond motifs is 1. The number of likely N-dealkylation sites (tertiary alicyclic amines) is 1. The maximum absolute atomic E-state index is 5.88. The molecule has 0 radical (unpaired) electrons. The van der Waals surface area contributed by atoms with Crippen LogP contribution in [0.25, 0.3) is 11.0 Å². The molecule has 0 saturated carbocycles. The standard InChI is InChI=1S/C17H23NO/c1-11-9-15(14-5-7-18(4)8-6-14)10-16-12(2)13(3)19-17(11)16/h9-10,14H,5-8H2,1-4H3. The maximum Gasteiger partial charge on any atom is 0.137 e. The van der Waals surface area contributed by atoms with E-state index in [-0.39, 0.29) is 0 Å². The van der Waals surface area contributed by atoms with Gasteiger partial charge in [-0.15, -0.1) is 0 Å². The van der Waals surface area contributed by atoms with Gasteiger partial charge in [-0.05, 0) is 82.4 Å². The van der Waals surface area contributed by atoms with E-state index in [1.165, 1.54) is 48.0 Å². The lowest BCUT2D eigenvalue weighted by atomic mass is 9.88. The molecule has 1 fully saturated rings. The first-order valence-corrected chi connectivity index (χ1v) is 7.25. The molecule has 0 aliphatic carbocycles. The molecule has 102 valence electrons. The second kappa shape index (κ2) is 4.68. The van der Waals surface area contributed by atoms with Gasteiger partial charge < -0.3 is 9.32 Å². The first-order chi connectivity index (χ1) is 9.06. The van der Waals surface area contributed by atoms with Gasteiger partial charge in [0.25, 0.3) is 0 Å². The van der Waals surface area contributed by atoms with Crippen LogP contribution in [0.5, 0.6) is 0 Å². The maximum atomic E-state index is 5.88. The van der Waals surface area contributed by atoms with Crippen molar-refractivity contribution in [2.24, 2.45) is 0 Å². The normalized spacial score (nSPS) is 18.3. The van der Waals surface area contributed by atoms with Gasteiger partial charge in [-0.25, -0.2) is 0 Å². The number of nitrogens with zero attached hydrogens (tertiary/aromatic N) is 1. The molecule has 0 spiro atoms. The van der Waals surface area contributed by atoms with Gasteiger partial charge in [0, 0.05) is 5.39 Å². The van der Waals surface area contributed by atoms with E-state index >= 15 is 0 Å².